The highest BCUT2D eigenvalue weighted by Gasteiger charge is 2.35. The molecule has 0 radical (unpaired) electrons. The van der Waals surface area contributed by atoms with Gasteiger partial charge in [-0.3, -0.25) is 9.59 Å². The maximum Gasteiger partial charge on any atom is 0.309 e. The first-order valence-electron chi connectivity index (χ1n) is 13.6. The van der Waals surface area contributed by atoms with Crippen molar-refractivity contribution in [3.05, 3.63) is 12.2 Å². The largest absolute Gasteiger partial charge is 0.462 e. The molecule has 200 valence electrons. The zero-order chi connectivity index (χ0) is 25.6. The highest BCUT2D eigenvalue weighted by atomic mass is 16.6. The van der Waals surface area contributed by atoms with Crippen LogP contribution in [0.4, 0.5) is 0 Å². The number of ketones is 2. The van der Waals surface area contributed by atoms with Gasteiger partial charge in [0.1, 0.15) is 17.7 Å². The van der Waals surface area contributed by atoms with Gasteiger partial charge in [-0.05, 0) is 78.1 Å². The lowest BCUT2D eigenvalue weighted by Crippen LogP contribution is -2.30. The number of unbranched alkanes of at least 4 members (excludes halogenated alkanes) is 3. The van der Waals surface area contributed by atoms with E-state index in [2.05, 4.69) is 0 Å². The number of carbonyl (C=O) groups is 3. The lowest BCUT2D eigenvalue weighted by atomic mass is 9.96. The molecule has 0 aliphatic carbocycles. The van der Waals surface area contributed by atoms with Crippen LogP contribution in [0, 0.1) is 5.92 Å². The Morgan fingerprint density at radius 1 is 1.00 bits per heavy atom. The molecule has 0 bridgehead atoms. The third-order valence-corrected chi connectivity index (χ3v) is 7.19. The minimum atomic E-state index is -0.516. The van der Waals surface area contributed by atoms with Crippen molar-refractivity contribution in [3.63, 3.8) is 0 Å². The number of ether oxygens (including phenoxy) is 2. The third kappa shape index (κ3) is 11.4. The predicted octanol–water partition coefficient (Wildman–Crippen LogP) is 4.60. The average molecular weight is 495 g/mol. The quantitative estimate of drug-likeness (QED) is 0.163. The van der Waals surface area contributed by atoms with Gasteiger partial charge in [-0.2, -0.15) is 0 Å². The van der Waals surface area contributed by atoms with Crippen LogP contribution in [0.5, 0.6) is 0 Å². The topological polar surface area (TPSA) is 110 Å². The summed E-state index contributed by atoms with van der Waals surface area (Å²) in [6.45, 7) is 3.46. The molecule has 0 saturated carbocycles. The molecule has 0 spiro atoms. The first-order chi connectivity index (χ1) is 16.8. The van der Waals surface area contributed by atoms with Gasteiger partial charge in [-0.15, -0.1) is 0 Å². The Kier molecular flexibility index (Phi) is 13.8. The highest BCUT2D eigenvalue weighted by Crippen LogP contribution is 2.29. The van der Waals surface area contributed by atoms with E-state index < -0.39 is 12.2 Å². The van der Waals surface area contributed by atoms with E-state index >= 15 is 0 Å². The molecule has 6 unspecified atom stereocenters. The van der Waals surface area contributed by atoms with Gasteiger partial charge in [0.2, 0.25) is 0 Å². The monoisotopic (exact) mass is 494 g/mol. The Hall–Kier alpha value is -1.57. The zero-order valence-corrected chi connectivity index (χ0v) is 21.7. The van der Waals surface area contributed by atoms with Crippen LogP contribution in [-0.4, -0.2) is 58.3 Å². The molecule has 7 heteroatoms. The van der Waals surface area contributed by atoms with E-state index in [1.807, 2.05) is 19.1 Å². The normalized spacial score (nSPS) is 26.2. The molecule has 6 atom stereocenters. The van der Waals surface area contributed by atoms with Crippen LogP contribution in [0.2, 0.25) is 0 Å². The molecular formula is C28H46O7. The molecule has 2 N–H and O–H groups in total. The number of rotatable bonds is 18. The van der Waals surface area contributed by atoms with Crippen LogP contribution in [0.25, 0.3) is 0 Å². The first-order valence-corrected chi connectivity index (χ1v) is 13.6. The smallest absolute Gasteiger partial charge is 0.309 e. The number of esters is 1. The van der Waals surface area contributed by atoms with Crippen molar-refractivity contribution in [1.29, 1.82) is 0 Å². The predicted molar refractivity (Wildman–Crippen MR) is 134 cm³/mol. The fraction of sp³-hybridized carbons (Fsp3) is 0.821. The standard InChI is InChI=1S/C28H46O7/c1-3-4-6-14-24(31)26-16-17-27(35-26)25(32)15-8-5-7-11-22(30)12-9-10-13-23-19-21(18-20(2)29)28(33)34-23/h3-4,21,23-27,31-32H,5-19H2,1-2H3/b4-3-. The van der Waals surface area contributed by atoms with Crippen molar-refractivity contribution >= 4 is 17.5 Å². The summed E-state index contributed by atoms with van der Waals surface area (Å²) in [5.41, 5.74) is 0. The van der Waals surface area contributed by atoms with Crippen molar-refractivity contribution in [2.75, 3.05) is 0 Å². The number of aliphatic hydroxyl groups is 2. The summed E-state index contributed by atoms with van der Waals surface area (Å²) in [5, 5.41) is 20.7. The van der Waals surface area contributed by atoms with Crippen molar-refractivity contribution < 1.29 is 34.1 Å². The van der Waals surface area contributed by atoms with E-state index in [-0.39, 0.29) is 48.2 Å². The number of allylic oxidation sites excluding steroid dienone is 2. The second kappa shape index (κ2) is 16.2. The molecule has 2 rings (SSSR count). The van der Waals surface area contributed by atoms with Crippen LogP contribution in [0.15, 0.2) is 12.2 Å². The number of hydrogen-bond acceptors (Lipinski definition) is 7. The van der Waals surface area contributed by atoms with Crippen LogP contribution >= 0.6 is 0 Å². The molecular weight excluding hydrogens is 448 g/mol. The van der Waals surface area contributed by atoms with E-state index in [4.69, 9.17) is 9.47 Å². The number of cyclic esters (lactones) is 1. The van der Waals surface area contributed by atoms with Gasteiger partial charge < -0.3 is 24.5 Å². The van der Waals surface area contributed by atoms with Gasteiger partial charge in [0, 0.05) is 19.3 Å². The SMILES string of the molecule is C/C=C\CCC(O)C1CCC(C(O)CCCCCC(=O)CCCCC2CC(CC(C)=O)C(=O)O2)O1. The second-order valence-corrected chi connectivity index (χ2v) is 10.4. The average Bonchev–Trinajstić information content (AvgIpc) is 3.43. The molecule has 0 aromatic carbocycles. The summed E-state index contributed by atoms with van der Waals surface area (Å²) >= 11 is 0. The molecule has 2 aliphatic rings. The lowest BCUT2D eigenvalue weighted by molar-refractivity contribution is -0.145. The van der Waals surface area contributed by atoms with Crippen molar-refractivity contribution in [2.24, 2.45) is 5.92 Å². The van der Waals surface area contributed by atoms with Gasteiger partial charge in [-0.25, -0.2) is 0 Å². The van der Waals surface area contributed by atoms with Gasteiger partial charge >= 0.3 is 5.97 Å². The third-order valence-electron chi connectivity index (χ3n) is 7.19. The molecule has 0 amide bonds. The highest BCUT2D eigenvalue weighted by molar-refractivity contribution is 5.83. The fourth-order valence-corrected chi connectivity index (χ4v) is 5.14. The molecule has 35 heavy (non-hydrogen) atoms. The van der Waals surface area contributed by atoms with E-state index in [1.54, 1.807) is 0 Å². The van der Waals surface area contributed by atoms with Crippen molar-refractivity contribution in [3.8, 4) is 0 Å². The van der Waals surface area contributed by atoms with Crippen molar-refractivity contribution in [1.82, 2.24) is 0 Å². The molecule has 0 aromatic rings. The minimum Gasteiger partial charge on any atom is -0.462 e. The fourth-order valence-electron chi connectivity index (χ4n) is 5.14. The van der Waals surface area contributed by atoms with Crippen LogP contribution < -0.4 is 0 Å². The van der Waals surface area contributed by atoms with Gasteiger partial charge in [-0.1, -0.05) is 25.0 Å². The van der Waals surface area contributed by atoms with Crippen LogP contribution in [0.1, 0.15) is 110 Å². The van der Waals surface area contributed by atoms with E-state index in [1.165, 1.54) is 6.92 Å². The van der Waals surface area contributed by atoms with Crippen LogP contribution in [-0.2, 0) is 23.9 Å². The van der Waals surface area contributed by atoms with Crippen LogP contribution in [0.3, 0.4) is 0 Å². The van der Waals surface area contributed by atoms with Gasteiger partial charge in [0.25, 0.3) is 0 Å². The summed E-state index contributed by atoms with van der Waals surface area (Å²) in [7, 11) is 0. The number of hydrogen-bond donors (Lipinski definition) is 2. The maximum atomic E-state index is 12.1. The molecule has 2 saturated heterocycles. The molecule has 0 aromatic heterocycles. The van der Waals surface area contributed by atoms with Gasteiger partial charge in [0.05, 0.1) is 30.3 Å². The molecule has 7 nitrogen and oxygen atoms in total. The Bertz CT molecular complexity index is 689. The molecule has 2 aliphatic heterocycles. The number of Topliss-reactive ketones (excluding diaryl/α,β-unsaturated/α-hetero) is 2. The van der Waals surface area contributed by atoms with E-state index in [0.29, 0.717) is 32.1 Å². The summed E-state index contributed by atoms with van der Waals surface area (Å²) in [4.78, 5) is 35.1. The summed E-state index contributed by atoms with van der Waals surface area (Å²) in [6, 6.07) is 0. The molecule has 2 fully saturated rings. The maximum absolute atomic E-state index is 12.1. The minimum absolute atomic E-state index is 0.0132. The Balaban J connectivity index is 1.46. The Morgan fingerprint density at radius 2 is 1.66 bits per heavy atom. The Morgan fingerprint density at radius 3 is 2.31 bits per heavy atom. The number of carbonyl (C=O) groups excluding carboxylic acids is 3. The summed E-state index contributed by atoms with van der Waals surface area (Å²) in [5.74, 6) is -0.279. The lowest BCUT2D eigenvalue weighted by Gasteiger charge is -2.22. The van der Waals surface area contributed by atoms with Gasteiger partial charge in [0.15, 0.2) is 0 Å². The summed E-state index contributed by atoms with van der Waals surface area (Å²) in [6.07, 6.45) is 13.2. The van der Waals surface area contributed by atoms with Crippen molar-refractivity contribution in [2.45, 2.75) is 141 Å². The summed E-state index contributed by atoms with van der Waals surface area (Å²) < 4.78 is 11.3. The van der Waals surface area contributed by atoms with E-state index in [0.717, 1.165) is 57.8 Å². The second-order valence-electron chi connectivity index (χ2n) is 10.4. The molecule has 2 heterocycles. The Labute approximate surface area is 210 Å². The first kappa shape index (κ1) is 29.7. The number of aliphatic hydroxyl groups excluding tert-OH is 2. The van der Waals surface area contributed by atoms with E-state index in [9.17, 15) is 24.6 Å². The zero-order valence-electron chi connectivity index (χ0n) is 21.7.